The van der Waals surface area contributed by atoms with Crippen molar-refractivity contribution >= 4 is 5.97 Å². The first-order valence-electron chi connectivity index (χ1n) is 7.79. The number of carboxylic acid groups (broad SMARTS) is 1. The van der Waals surface area contributed by atoms with Crippen LogP contribution in [0.5, 0.6) is 0 Å². The van der Waals surface area contributed by atoms with Crippen LogP contribution in [-0.2, 0) is 4.79 Å². The molecule has 4 bridgehead atoms. The maximum atomic E-state index is 11.6. The molecule has 1 atom stereocenters. The minimum atomic E-state index is -0.679. The molecule has 4 aliphatic carbocycles. The molecule has 0 amide bonds. The first-order chi connectivity index (χ1) is 8.93. The van der Waals surface area contributed by atoms with Crippen molar-refractivity contribution in [1.29, 1.82) is 0 Å². The molecule has 0 aromatic heterocycles. The molecule has 2 nitrogen and oxygen atoms in total. The van der Waals surface area contributed by atoms with Gasteiger partial charge in [-0.15, -0.1) is 6.58 Å². The second-order valence-corrected chi connectivity index (χ2v) is 7.80. The van der Waals surface area contributed by atoms with Crippen LogP contribution in [0.15, 0.2) is 12.7 Å². The fraction of sp³-hybridized carbons (Fsp3) is 0.824. The summed E-state index contributed by atoms with van der Waals surface area (Å²) in [7, 11) is 0. The highest BCUT2D eigenvalue weighted by molar-refractivity contribution is 5.74. The largest absolute Gasteiger partial charge is 0.481 e. The van der Waals surface area contributed by atoms with E-state index in [9.17, 15) is 9.90 Å². The Labute approximate surface area is 116 Å². The third-order valence-electron chi connectivity index (χ3n) is 6.35. The van der Waals surface area contributed by atoms with Crippen LogP contribution in [0.4, 0.5) is 0 Å². The lowest BCUT2D eigenvalue weighted by Gasteiger charge is -2.57. The first kappa shape index (κ1) is 13.2. The summed E-state index contributed by atoms with van der Waals surface area (Å²) in [6, 6.07) is 0. The Hall–Kier alpha value is -0.790. The Morgan fingerprint density at radius 2 is 1.63 bits per heavy atom. The summed E-state index contributed by atoms with van der Waals surface area (Å²) in [5.74, 6) is 3.42. The number of carbonyl (C=O) groups is 1. The van der Waals surface area contributed by atoms with Crippen LogP contribution >= 0.6 is 0 Å². The maximum Gasteiger partial charge on any atom is 0.309 e. The molecule has 1 unspecified atom stereocenters. The Balaban J connectivity index is 1.88. The lowest BCUT2D eigenvalue weighted by atomic mass is 9.47. The van der Waals surface area contributed by atoms with Crippen molar-refractivity contribution in [2.45, 2.75) is 46.0 Å². The van der Waals surface area contributed by atoms with E-state index in [4.69, 9.17) is 0 Å². The van der Waals surface area contributed by atoms with E-state index < -0.39 is 11.4 Å². The first-order valence-corrected chi connectivity index (χ1v) is 7.79. The Morgan fingerprint density at radius 3 is 2.00 bits per heavy atom. The molecular weight excluding hydrogens is 236 g/mol. The van der Waals surface area contributed by atoms with Gasteiger partial charge in [0.05, 0.1) is 5.41 Å². The zero-order valence-electron chi connectivity index (χ0n) is 12.1. The molecule has 0 saturated heterocycles. The molecule has 0 spiro atoms. The van der Waals surface area contributed by atoms with Gasteiger partial charge < -0.3 is 5.11 Å². The fourth-order valence-electron chi connectivity index (χ4n) is 5.63. The molecule has 0 aromatic carbocycles. The second kappa shape index (κ2) is 4.36. The molecule has 4 fully saturated rings. The van der Waals surface area contributed by atoms with E-state index >= 15 is 0 Å². The zero-order valence-corrected chi connectivity index (χ0v) is 12.1. The minimum Gasteiger partial charge on any atom is -0.481 e. The van der Waals surface area contributed by atoms with Crippen molar-refractivity contribution in [3.8, 4) is 0 Å². The minimum absolute atomic E-state index is 0.125. The number of hydrogen-bond donors (Lipinski definition) is 1. The van der Waals surface area contributed by atoms with Crippen molar-refractivity contribution in [2.75, 3.05) is 0 Å². The van der Waals surface area contributed by atoms with Crippen LogP contribution in [0.3, 0.4) is 0 Å². The molecule has 19 heavy (non-hydrogen) atoms. The second-order valence-electron chi connectivity index (χ2n) is 7.80. The van der Waals surface area contributed by atoms with Crippen molar-refractivity contribution in [1.82, 2.24) is 0 Å². The van der Waals surface area contributed by atoms with Crippen LogP contribution < -0.4 is 0 Å². The van der Waals surface area contributed by atoms with E-state index in [0.29, 0.717) is 5.92 Å². The van der Waals surface area contributed by atoms with Gasteiger partial charge in [0.2, 0.25) is 0 Å². The Morgan fingerprint density at radius 1 is 1.16 bits per heavy atom. The average Bonchev–Trinajstić information content (AvgIpc) is 2.32. The fourth-order valence-corrected chi connectivity index (χ4v) is 5.63. The van der Waals surface area contributed by atoms with Gasteiger partial charge in [0.15, 0.2) is 0 Å². The lowest BCUT2D eigenvalue weighted by Crippen LogP contribution is -2.51. The molecule has 106 valence electrons. The van der Waals surface area contributed by atoms with Gasteiger partial charge in [0, 0.05) is 0 Å². The summed E-state index contributed by atoms with van der Waals surface area (Å²) in [4.78, 5) is 11.6. The van der Waals surface area contributed by atoms with E-state index in [1.807, 2.05) is 19.9 Å². The highest BCUT2D eigenvalue weighted by Crippen LogP contribution is 2.60. The molecule has 0 aromatic rings. The van der Waals surface area contributed by atoms with Gasteiger partial charge in [0.1, 0.15) is 0 Å². The smallest absolute Gasteiger partial charge is 0.309 e. The van der Waals surface area contributed by atoms with Gasteiger partial charge in [-0.1, -0.05) is 6.08 Å². The topological polar surface area (TPSA) is 37.3 Å². The normalized spacial score (nSPS) is 42.1. The molecule has 0 aliphatic heterocycles. The van der Waals surface area contributed by atoms with E-state index in [2.05, 4.69) is 6.58 Å². The van der Waals surface area contributed by atoms with Gasteiger partial charge in [0.25, 0.3) is 0 Å². The molecule has 2 heteroatoms. The third kappa shape index (κ3) is 1.95. The number of carboxylic acids is 1. The number of aliphatic carboxylic acids is 1. The van der Waals surface area contributed by atoms with Crippen LogP contribution in [0.25, 0.3) is 0 Å². The summed E-state index contributed by atoms with van der Waals surface area (Å²) in [6.45, 7) is 7.74. The molecule has 0 heterocycles. The third-order valence-corrected chi connectivity index (χ3v) is 6.35. The summed E-state index contributed by atoms with van der Waals surface area (Å²) in [5, 5.41) is 9.55. The predicted octanol–water partition coefficient (Wildman–Crippen LogP) is 3.97. The number of hydrogen-bond acceptors (Lipinski definition) is 1. The van der Waals surface area contributed by atoms with E-state index in [1.165, 1.54) is 32.1 Å². The molecule has 4 aliphatic rings. The zero-order chi connectivity index (χ0) is 13.8. The molecule has 1 N–H and O–H groups in total. The van der Waals surface area contributed by atoms with Crippen LogP contribution in [0.2, 0.25) is 0 Å². The van der Waals surface area contributed by atoms with Gasteiger partial charge in [-0.3, -0.25) is 4.79 Å². The lowest BCUT2D eigenvalue weighted by molar-refractivity contribution is -0.154. The molecule has 4 rings (SSSR count). The highest BCUT2D eigenvalue weighted by atomic mass is 16.4. The summed E-state index contributed by atoms with van der Waals surface area (Å²) < 4.78 is 0. The monoisotopic (exact) mass is 262 g/mol. The summed E-state index contributed by atoms with van der Waals surface area (Å²) in [6.07, 6.45) is 8.77. The van der Waals surface area contributed by atoms with Crippen molar-refractivity contribution in [2.24, 2.45) is 40.9 Å². The average molecular weight is 262 g/mol. The summed E-state index contributed by atoms with van der Waals surface area (Å²) >= 11 is 0. The Kier molecular flexibility index (Phi) is 3.03. The maximum absolute atomic E-state index is 11.6. The van der Waals surface area contributed by atoms with E-state index in [0.717, 1.165) is 23.7 Å². The number of rotatable bonds is 4. The van der Waals surface area contributed by atoms with Crippen LogP contribution in [0.1, 0.15) is 46.0 Å². The molecular formula is C17H26O2. The van der Waals surface area contributed by atoms with Crippen molar-refractivity contribution in [3.05, 3.63) is 12.7 Å². The van der Waals surface area contributed by atoms with Gasteiger partial charge >= 0.3 is 5.97 Å². The molecule has 0 radical (unpaired) electrons. The van der Waals surface area contributed by atoms with Gasteiger partial charge in [-0.25, -0.2) is 0 Å². The van der Waals surface area contributed by atoms with Crippen molar-refractivity contribution < 1.29 is 9.90 Å². The van der Waals surface area contributed by atoms with Crippen LogP contribution in [-0.4, -0.2) is 11.1 Å². The van der Waals surface area contributed by atoms with Gasteiger partial charge in [-0.2, -0.15) is 0 Å². The van der Waals surface area contributed by atoms with Crippen LogP contribution in [0, 0.1) is 40.9 Å². The van der Waals surface area contributed by atoms with E-state index in [-0.39, 0.29) is 5.92 Å². The highest BCUT2D eigenvalue weighted by Gasteiger charge is 2.53. The molecule has 4 saturated carbocycles. The SMILES string of the molecule is C=CC(C1C2CC3CC(C2)CC1C3)C(C)(C)C(=O)O. The Bertz CT molecular complexity index is 368. The quantitative estimate of drug-likeness (QED) is 0.778. The standard InChI is InChI=1S/C17H26O2/c1-4-14(17(2,3)16(18)19)15-12-6-10-5-11(8-12)9-13(15)7-10/h4,10-15H,1,5-9H2,2-3H3,(H,18,19). The summed E-state index contributed by atoms with van der Waals surface area (Å²) in [5.41, 5.74) is -0.679. The predicted molar refractivity (Wildman–Crippen MR) is 75.6 cm³/mol. The van der Waals surface area contributed by atoms with Crippen molar-refractivity contribution in [3.63, 3.8) is 0 Å². The van der Waals surface area contributed by atoms with Gasteiger partial charge in [-0.05, 0) is 81.5 Å². The van der Waals surface area contributed by atoms with E-state index in [1.54, 1.807) is 0 Å². The number of allylic oxidation sites excluding steroid dienone is 1.